The Morgan fingerprint density at radius 1 is 0.903 bits per heavy atom. The van der Waals surface area contributed by atoms with E-state index in [-0.39, 0.29) is 11.4 Å². The Kier molecular flexibility index (Phi) is 5.16. The van der Waals surface area contributed by atoms with Crippen LogP contribution in [0.4, 0.5) is 0 Å². The van der Waals surface area contributed by atoms with E-state index in [1.54, 1.807) is 36.5 Å². The van der Waals surface area contributed by atoms with Gasteiger partial charge in [0.1, 0.15) is 0 Å². The second-order valence-electron chi connectivity index (χ2n) is 6.62. The molecule has 0 amide bonds. The minimum atomic E-state index is -0.358. The number of ether oxygens (including phenoxy) is 4. The van der Waals surface area contributed by atoms with Crippen molar-refractivity contribution in [2.45, 2.75) is 0 Å². The lowest BCUT2D eigenvalue weighted by Gasteiger charge is -2.14. The molecule has 9 heteroatoms. The van der Waals surface area contributed by atoms with Crippen molar-refractivity contribution >= 4 is 11.0 Å². The van der Waals surface area contributed by atoms with Crippen LogP contribution in [-0.4, -0.2) is 48.1 Å². The van der Waals surface area contributed by atoms with Gasteiger partial charge in [0, 0.05) is 11.6 Å². The number of phenols is 1. The maximum atomic E-state index is 12.6. The van der Waals surface area contributed by atoms with Gasteiger partial charge in [-0.05, 0) is 30.3 Å². The number of nitrogens with one attached hydrogen (secondary N) is 1. The van der Waals surface area contributed by atoms with Crippen LogP contribution in [0.3, 0.4) is 0 Å². The summed E-state index contributed by atoms with van der Waals surface area (Å²) in [6.07, 6.45) is 1.58. The molecule has 160 valence electrons. The number of phenolic OH excluding ortho intramolecular Hbond substituents is 1. The van der Waals surface area contributed by atoms with Gasteiger partial charge in [-0.1, -0.05) is 0 Å². The number of H-pyrrole nitrogens is 1. The summed E-state index contributed by atoms with van der Waals surface area (Å²) in [5, 5.41) is 10.1. The molecule has 0 aliphatic carbocycles. The summed E-state index contributed by atoms with van der Waals surface area (Å²) < 4.78 is 22.8. The van der Waals surface area contributed by atoms with Crippen molar-refractivity contribution in [2.75, 3.05) is 28.4 Å². The molecular formula is C22H21N3O6. The average molecular weight is 423 g/mol. The zero-order valence-corrected chi connectivity index (χ0v) is 17.4. The van der Waals surface area contributed by atoms with E-state index in [2.05, 4.69) is 9.97 Å². The van der Waals surface area contributed by atoms with Gasteiger partial charge in [0.2, 0.25) is 5.75 Å². The highest BCUT2D eigenvalue weighted by Crippen LogP contribution is 2.41. The standard InChI is InChI=1S/C22H21N3O6/c1-28-18-6-5-13(9-17(18)26)25-16-10-14(23-11-15(16)24-22(25)27)12-7-19(29-2)21(31-4)20(8-12)30-3/h5-11,26H,1-4H3,(H,24,27). The van der Waals surface area contributed by atoms with Crippen molar-refractivity contribution in [3.8, 4) is 45.7 Å². The van der Waals surface area contributed by atoms with Crippen LogP contribution in [-0.2, 0) is 0 Å². The number of aromatic nitrogens is 3. The molecule has 0 atom stereocenters. The SMILES string of the molecule is COc1ccc(-n2c(=O)[nH]c3cnc(-c4cc(OC)c(OC)c(OC)c4)cc32)cc1O. The highest BCUT2D eigenvalue weighted by atomic mass is 16.5. The van der Waals surface area contributed by atoms with Crippen molar-refractivity contribution in [1.82, 2.24) is 14.5 Å². The summed E-state index contributed by atoms with van der Waals surface area (Å²) in [5.74, 6) is 1.70. The molecule has 0 spiro atoms. The van der Waals surface area contributed by atoms with Gasteiger partial charge in [0.05, 0.1) is 57.1 Å². The van der Waals surface area contributed by atoms with Gasteiger partial charge in [0.15, 0.2) is 23.0 Å². The summed E-state index contributed by atoms with van der Waals surface area (Å²) in [6.45, 7) is 0. The molecule has 0 fully saturated rings. The monoisotopic (exact) mass is 423 g/mol. The van der Waals surface area contributed by atoms with Crippen LogP contribution in [0.15, 0.2) is 47.4 Å². The average Bonchev–Trinajstić information content (AvgIpc) is 3.12. The van der Waals surface area contributed by atoms with Gasteiger partial charge < -0.3 is 29.0 Å². The van der Waals surface area contributed by atoms with Crippen LogP contribution < -0.4 is 24.6 Å². The fraction of sp³-hybridized carbons (Fsp3) is 0.182. The normalized spacial score (nSPS) is 10.8. The molecule has 0 saturated carbocycles. The minimum absolute atomic E-state index is 0.0693. The Morgan fingerprint density at radius 3 is 2.16 bits per heavy atom. The van der Waals surface area contributed by atoms with Crippen LogP contribution in [0.5, 0.6) is 28.7 Å². The molecule has 31 heavy (non-hydrogen) atoms. The second-order valence-corrected chi connectivity index (χ2v) is 6.62. The summed E-state index contributed by atoms with van der Waals surface area (Å²) in [4.78, 5) is 19.9. The van der Waals surface area contributed by atoms with Crippen LogP contribution in [0, 0.1) is 0 Å². The van der Waals surface area contributed by atoms with Gasteiger partial charge in [-0.15, -0.1) is 0 Å². The molecule has 0 unspecified atom stereocenters. The lowest BCUT2D eigenvalue weighted by atomic mass is 10.1. The fourth-order valence-electron chi connectivity index (χ4n) is 3.47. The van der Waals surface area contributed by atoms with Crippen LogP contribution in [0.25, 0.3) is 28.0 Å². The zero-order chi connectivity index (χ0) is 22.1. The third-order valence-electron chi connectivity index (χ3n) is 4.95. The molecule has 0 aliphatic heterocycles. The Hall–Kier alpha value is -4.14. The van der Waals surface area contributed by atoms with Crippen LogP contribution in [0.1, 0.15) is 0 Å². The fourth-order valence-corrected chi connectivity index (χ4v) is 3.47. The number of hydrogen-bond donors (Lipinski definition) is 2. The van der Waals surface area contributed by atoms with Gasteiger partial charge >= 0.3 is 5.69 Å². The number of fused-ring (bicyclic) bond motifs is 1. The smallest absolute Gasteiger partial charge is 0.331 e. The number of aromatic amines is 1. The van der Waals surface area contributed by atoms with Crippen molar-refractivity contribution in [2.24, 2.45) is 0 Å². The number of benzene rings is 2. The molecule has 4 aromatic rings. The number of hydrogen-bond acceptors (Lipinski definition) is 7. The topological polar surface area (TPSA) is 108 Å². The highest BCUT2D eigenvalue weighted by Gasteiger charge is 2.17. The third-order valence-corrected chi connectivity index (χ3v) is 4.95. The van der Waals surface area contributed by atoms with Crippen molar-refractivity contribution in [3.63, 3.8) is 0 Å². The molecule has 2 aromatic carbocycles. The Morgan fingerprint density at radius 2 is 1.58 bits per heavy atom. The first-order chi connectivity index (χ1) is 15.0. The summed E-state index contributed by atoms with van der Waals surface area (Å²) >= 11 is 0. The first kappa shape index (κ1) is 20.1. The summed E-state index contributed by atoms with van der Waals surface area (Å²) in [7, 11) is 6.07. The third kappa shape index (κ3) is 3.39. The zero-order valence-electron chi connectivity index (χ0n) is 17.4. The van der Waals surface area contributed by atoms with E-state index in [0.29, 0.717) is 51.0 Å². The summed E-state index contributed by atoms with van der Waals surface area (Å²) in [6, 6.07) is 10.1. The van der Waals surface area contributed by atoms with Crippen molar-refractivity contribution in [1.29, 1.82) is 0 Å². The Labute approximate surface area is 177 Å². The maximum Gasteiger partial charge on any atom is 0.331 e. The van der Waals surface area contributed by atoms with E-state index >= 15 is 0 Å². The molecule has 2 N–H and O–H groups in total. The minimum Gasteiger partial charge on any atom is -0.504 e. The number of imidazole rings is 1. The van der Waals surface area contributed by atoms with E-state index in [1.165, 1.54) is 39.1 Å². The Balaban J connectivity index is 1.91. The van der Waals surface area contributed by atoms with E-state index in [4.69, 9.17) is 18.9 Å². The molecule has 0 bridgehead atoms. The number of nitrogens with zero attached hydrogens (tertiary/aromatic N) is 2. The molecule has 0 radical (unpaired) electrons. The lowest BCUT2D eigenvalue weighted by Crippen LogP contribution is -2.14. The van der Waals surface area contributed by atoms with Crippen molar-refractivity contribution in [3.05, 3.63) is 53.1 Å². The van der Waals surface area contributed by atoms with Gasteiger partial charge in [0.25, 0.3) is 0 Å². The summed E-state index contributed by atoms with van der Waals surface area (Å²) in [5.41, 5.74) is 2.58. The van der Waals surface area contributed by atoms with Crippen LogP contribution >= 0.6 is 0 Å². The predicted molar refractivity (Wildman–Crippen MR) is 115 cm³/mol. The number of rotatable bonds is 6. The largest absolute Gasteiger partial charge is 0.504 e. The molecule has 0 saturated heterocycles. The van der Waals surface area contributed by atoms with E-state index in [9.17, 15) is 9.90 Å². The maximum absolute atomic E-state index is 12.6. The molecular weight excluding hydrogens is 402 g/mol. The van der Waals surface area contributed by atoms with Gasteiger partial charge in [-0.3, -0.25) is 9.55 Å². The highest BCUT2D eigenvalue weighted by molar-refractivity contribution is 5.82. The predicted octanol–water partition coefficient (Wildman–Crippen LogP) is 3.12. The van der Waals surface area contributed by atoms with Crippen LogP contribution in [0.2, 0.25) is 0 Å². The second kappa shape index (κ2) is 7.94. The number of methoxy groups -OCH3 is 4. The van der Waals surface area contributed by atoms with E-state index in [0.717, 1.165) is 0 Å². The van der Waals surface area contributed by atoms with Gasteiger partial charge in [-0.25, -0.2) is 4.79 Å². The molecule has 2 aromatic heterocycles. The first-order valence-electron chi connectivity index (χ1n) is 9.29. The Bertz CT molecular complexity index is 1300. The molecule has 0 aliphatic rings. The number of pyridine rings is 1. The molecule has 2 heterocycles. The number of aromatic hydroxyl groups is 1. The van der Waals surface area contributed by atoms with Gasteiger partial charge in [-0.2, -0.15) is 0 Å². The van der Waals surface area contributed by atoms with Crippen molar-refractivity contribution < 1.29 is 24.1 Å². The quantitative estimate of drug-likeness (QED) is 0.491. The molecule has 4 rings (SSSR count). The first-order valence-corrected chi connectivity index (χ1v) is 9.29. The van der Waals surface area contributed by atoms with E-state index in [1.807, 2.05) is 0 Å². The van der Waals surface area contributed by atoms with E-state index < -0.39 is 0 Å². The molecule has 9 nitrogen and oxygen atoms in total. The lowest BCUT2D eigenvalue weighted by molar-refractivity contribution is 0.324.